The second-order valence-corrected chi connectivity index (χ2v) is 5.19. The van der Waals surface area contributed by atoms with Crippen molar-refractivity contribution in [3.8, 4) is 0 Å². The molecule has 18 heavy (non-hydrogen) atoms. The summed E-state index contributed by atoms with van der Waals surface area (Å²) in [6.07, 6.45) is 2.22. The van der Waals surface area contributed by atoms with Gasteiger partial charge in [-0.3, -0.25) is 4.90 Å². The lowest BCUT2D eigenvalue weighted by molar-refractivity contribution is 0.245. The average Bonchev–Trinajstić information content (AvgIpc) is 2.74. The van der Waals surface area contributed by atoms with E-state index in [9.17, 15) is 4.79 Å². The Morgan fingerprint density at radius 1 is 1.33 bits per heavy atom. The van der Waals surface area contributed by atoms with Gasteiger partial charge in [-0.2, -0.15) is 0 Å². The van der Waals surface area contributed by atoms with Crippen molar-refractivity contribution >= 4 is 11.7 Å². The third-order valence-corrected chi connectivity index (χ3v) is 4.25. The highest BCUT2D eigenvalue weighted by Gasteiger charge is 2.44. The van der Waals surface area contributed by atoms with Crippen LogP contribution >= 0.6 is 0 Å². The SMILES string of the molecule is CNC(=O)N1CC2(CCNCC2)c2ccccc21. The van der Waals surface area contributed by atoms with Crippen molar-refractivity contribution in [3.05, 3.63) is 29.8 Å². The second-order valence-electron chi connectivity index (χ2n) is 5.19. The number of hydrogen-bond donors (Lipinski definition) is 2. The van der Waals surface area contributed by atoms with E-state index in [-0.39, 0.29) is 11.4 Å². The van der Waals surface area contributed by atoms with Crippen LogP contribution in [-0.4, -0.2) is 32.7 Å². The van der Waals surface area contributed by atoms with Crippen LogP contribution in [0.5, 0.6) is 0 Å². The standard InChI is InChI=1S/C14H19N3O/c1-15-13(18)17-10-14(6-8-16-9-7-14)11-4-2-3-5-12(11)17/h2-5,16H,6-10H2,1H3,(H,15,18). The molecule has 0 saturated carbocycles. The van der Waals surface area contributed by atoms with E-state index in [1.165, 1.54) is 5.56 Å². The predicted molar refractivity (Wildman–Crippen MR) is 72.0 cm³/mol. The van der Waals surface area contributed by atoms with Crippen molar-refractivity contribution in [1.82, 2.24) is 10.6 Å². The molecule has 2 aliphatic rings. The minimum absolute atomic E-state index is 0.00198. The highest BCUT2D eigenvalue weighted by atomic mass is 16.2. The summed E-state index contributed by atoms with van der Waals surface area (Å²) >= 11 is 0. The van der Waals surface area contributed by atoms with Gasteiger partial charge in [0.15, 0.2) is 0 Å². The lowest BCUT2D eigenvalue weighted by atomic mass is 9.75. The van der Waals surface area contributed by atoms with Crippen molar-refractivity contribution in [1.29, 1.82) is 0 Å². The van der Waals surface area contributed by atoms with Crippen LogP contribution in [-0.2, 0) is 5.41 Å². The number of carbonyl (C=O) groups excluding carboxylic acids is 1. The van der Waals surface area contributed by atoms with Gasteiger partial charge in [0, 0.05) is 24.7 Å². The largest absolute Gasteiger partial charge is 0.341 e. The van der Waals surface area contributed by atoms with E-state index in [2.05, 4.69) is 28.8 Å². The zero-order valence-electron chi connectivity index (χ0n) is 10.7. The molecule has 1 saturated heterocycles. The first kappa shape index (κ1) is 11.5. The highest BCUT2D eigenvalue weighted by Crippen LogP contribution is 2.45. The molecule has 3 rings (SSSR count). The van der Waals surface area contributed by atoms with Crippen molar-refractivity contribution in [2.24, 2.45) is 0 Å². The lowest BCUT2D eigenvalue weighted by Gasteiger charge is -2.34. The number of carbonyl (C=O) groups is 1. The molecule has 4 nitrogen and oxygen atoms in total. The number of urea groups is 1. The van der Waals surface area contributed by atoms with Crippen LogP contribution in [0.3, 0.4) is 0 Å². The van der Waals surface area contributed by atoms with Crippen LogP contribution in [0.2, 0.25) is 0 Å². The molecule has 0 aromatic heterocycles. The molecular formula is C14H19N3O. The molecule has 1 fully saturated rings. The summed E-state index contributed by atoms with van der Waals surface area (Å²) in [4.78, 5) is 13.9. The molecule has 0 aliphatic carbocycles. The minimum Gasteiger partial charge on any atom is -0.341 e. The smallest absolute Gasteiger partial charge is 0.321 e. The molecule has 1 spiro atoms. The van der Waals surface area contributed by atoms with Crippen LogP contribution in [0, 0.1) is 0 Å². The van der Waals surface area contributed by atoms with Crippen molar-refractivity contribution in [3.63, 3.8) is 0 Å². The molecule has 0 radical (unpaired) electrons. The number of para-hydroxylation sites is 1. The molecule has 2 aliphatic heterocycles. The molecule has 2 heterocycles. The van der Waals surface area contributed by atoms with Gasteiger partial charge in [0.2, 0.25) is 0 Å². The predicted octanol–water partition coefficient (Wildman–Crippen LogP) is 1.47. The fourth-order valence-corrected chi connectivity index (χ4v) is 3.28. The Morgan fingerprint density at radius 3 is 2.78 bits per heavy atom. The molecule has 0 unspecified atom stereocenters. The fraction of sp³-hybridized carbons (Fsp3) is 0.500. The molecule has 0 bridgehead atoms. The summed E-state index contributed by atoms with van der Waals surface area (Å²) in [5.41, 5.74) is 2.59. The van der Waals surface area contributed by atoms with E-state index in [4.69, 9.17) is 0 Å². The van der Waals surface area contributed by atoms with Crippen molar-refractivity contribution < 1.29 is 4.79 Å². The number of rotatable bonds is 0. The van der Waals surface area contributed by atoms with Gasteiger partial charge in [0.05, 0.1) is 0 Å². The van der Waals surface area contributed by atoms with Gasteiger partial charge < -0.3 is 10.6 Å². The van der Waals surface area contributed by atoms with Crippen molar-refractivity contribution in [2.75, 3.05) is 31.6 Å². The van der Waals surface area contributed by atoms with E-state index in [1.54, 1.807) is 7.05 Å². The van der Waals surface area contributed by atoms with Gasteiger partial charge in [-0.25, -0.2) is 4.79 Å². The molecular weight excluding hydrogens is 226 g/mol. The molecule has 2 amide bonds. The maximum atomic E-state index is 12.0. The van der Waals surface area contributed by atoms with Crippen LogP contribution in [0.15, 0.2) is 24.3 Å². The molecule has 4 heteroatoms. The summed E-state index contributed by atoms with van der Waals surface area (Å²) in [5.74, 6) is 0. The Hall–Kier alpha value is -1.55. The van der Waals surface area contributed by atoms with Gasteiger partial charge in [-0.1, -0.05) is 18.2 Å². The first-order chi connectivity index (χ1) is 8.77. The number of anilines is 1. The number of piperidine rings is 1. The maximum absolute atomic E-state index is 12.0. The second kappa shape index (κ2) is 4.28. The maximum Gasteiger partial charge on any atom is 0.321 e. The minimum atomic E-state index is -0.00198. The third kappa shape index (κ3) is 1.60. The molecule has 96 valence electrons. The molecule has 1 aromatic carbocycles. The van der Waals surface area contributed by atoms with Gasteiger partial charge in [-0.15, -0.1) is 0 Å². The monoisotopic (exact) mass is 245 g/mol. The Kier molecular flexibility index (Phi) is 2.74. The molecule has 2 N–H and O–H groups in total. The normalized spacial score (nSPS) is 20.8. The van der Waals surface area contributed by atoms with E-state index in [1.807, 2.05) is 11.0 Å². The Labute approximate surface area is 107 Å². The lowest BCUT2D eigenvalue weighted by Crippen LogP contribution is -2.46. The third-order valence-electron chi connectivity index (χ3n) is 4.25. The summed E-state index contributed by atoms with van der Waals surface area (Å²) in [6, 6.07) is 8.33. The summed E-state index contributed by atoms with van der Waals surface area (Å²) in [6.45, 7) is 2.89. The highest BCUT2D eigenvalue weighted by molar-refractivity contribution is 5.95. The Balaban J connectivity index is 2.03. The van der Waals surface area contributed by atoms with Crippen molar-refractivity contribution in [2.45, 2.75) is 18.3 Å². The van der Waals surface area contributed by atoms with E-state index >= 15 is 0 Å². The topological polar surface area (TPSA) is 44.4 Å². The van der Waals surface area contributed by atoms with Gasteiger partial charge >= 0.3 is 6.03 Å². The van der Waals surface area contributed by atoms with Gasteiger partial charge in [0.25, 0.3) is 0 Å². The molecule has 1 aromatic rings. The molecule has 0 atom stereocenters. The van der Waals surface area contributed by atoms with Crippen LogP contribution in [0.4, 0.5) is 10.5 Å². The fourth-order valence-electron chi connectivity index (χ4n) is 3.28. The van der Waals surface area contributed by atoms with Crippen LogP contribution in [0.25, 0.3) is 0 Å². The summed E-state index contributed by atoms with van der Waals surface area (Å²) in [5, 5.41) is 6.15. The van der Waals surface area contributed by atoms with E-state index in [0.29, 0.717) is 0 Å². The Bertz CT molecular complexity index is 466. The zero-order chi connectivity index (χ0) is 12.6. The number of nitrogens with zero attached hydrogens (tertiary/aromatic N) is 1. The number of benzene rings is 1. The number of nitrogens with one attached hydrogen (secondary N) is 2. The van der Waals surface area contributed by atoms with E-state index in [0.717, 1.165) is 38.2 Å². The first-order valence-corrected chi connectivity index (χ1v) is 6.56. The number of hydrogen-bond acceptors (Lipinski definition) is 2. The Morgan fingerprint density at radius 2 is 2.06 bits per heavy atom. The summed E-state index contributed by atoms with van der Waals surface area (Å²) in [7, 11) is 1.69. The van der Waals surface area contributed by atoms with Gasteiger partial charge in [0.1, 0.15) is 0 Å². The van der Waals surface area contributed by atoms with Crippen LogP contribution in [0.1, 0.15) is 18.4 Å². The summed E-state index contributed by atoms with van der Waals surface area (Å²) < 4.78 is 0. The zero-order valence-corrected chi connectivity index (χ0v) is 10.7. The van der Waals surface area contributed by atoms with E-state index < -0.39 is 0 Å². The number of fused-ring (bicyclic) bond motifs is 2. The van der Waals surface area contributed by atoms with Crippen LogP contribution < -0.4 is 15.5 Å². The first-order valence-electron chi connectivity index (χ1n) is 6.56. The quantitative estimate of drug-likeness (QED) is 0.727. The van der Waals surface area contributed by atoms with Gasteiger partial charge in [-0.05, 0) is 37.6 Å². The average molecular weight is 245 g/mol. The number of amides is 2.